The van der Waals surface area contributed by atoms with Gasteiger partial charge in [0.15, 0.2) is 0 Å². The molecule has 0 spiro atoms. The Morgan fingerprint density at radius 1 is 1.24 bits per heavy atom. The molecule has 1 amide bonds. The molecule has 1 N–H and O–H groups in total. The first-order valence-corrected chi connectivity index (χ1v) is 8.07. The lowest BCUT2D eigenvalue weighted by molar-refractivity contribution is -0.133. The highest BCUT2D eigenvalue weighted by atomic mass is 16.2. The number of carbonyl (C=O) groups excluding carboxylic acids is 1. The molecule has 1 saturated carbocycles. The Hall–Kier alpha value is -1.51. The number of nitrogens with one attached hydrogen (secondary N) is 1. The normalized spacial score (nSPS) is 24.2. The number of carbonyl (C=O) groups is 1. The smallest absolute Gasteiger partial charge is 0.245 e. The SMILES string of the molecule is CN(C(=O)[C@@H]1Cc2ccccc2N1)C1CCC(C)(C)CC1. The van der Waals surface area contributed by atoms with Gasteiger partial charge in [0.05, 0.1) is 0 Å². The molecule has 3 rings (SSSR count). The summed E-state index contributed by atoms with van der Waals surface area (Å²) in [6, 6.07) is 8.56. The molecule has 1 aromatic rings. The Morgan fingerprint density at radius 3 is 2.57 bits per heavy atom. The Kier molecular flexibility index (Phi) is 3.68. The Bertz CT molecular complexity index is 503. The summed E-state index contributed by atoms with van der Waals surface area (Å²) in [5.74, 6) is 0.246. The van der Waals surface area contributed by atoms with Gasteiger partial charge < -0.3 is 10.2 Å². The molecule has 1 heterocycles. The van der Waals surface area contributed by atoms with Crippen LogP contribution in [0.4, 0.5) is 5.69 Å². The third-order valence-electron chi connectivity index (χ3n) is 5.27. The van der Waals surface area contributed by atoms with Crippen LogP contribution in [0.25, 0.3) is 0 Å². The first-order valence-electron chi connectivity index (χ1n) is 8.07. The summed E-state index contributed by atoms with van der Waals surface area (Å²) >= 11 is 0. The van der Waals surface area contributed by atoms with E-state index in [0.717, 1.165) is 24.9 Å². The molecule has 2 aliphatic rings. The van der Waals surface area contributed by atoms with Crippen LogP contribution < -0.4 is 5.32 Å². The Morgan fingerprint density at radius 2 is 1.90 bits per heavy atom. The number of hydrogen-bond donors (Lipinski definition) is 1. The van der Waals surface area contributed by atoms with Gasteiger partial charge in [-0.15, -0.1) is 0 Å². The largest absolute Gasteiger partial charge is 0.373 e. The fourth-order valence-corrected chi connectivity index (χ4v) is 3.64. The first-order chi connectivity index (χ1) is 9.96. The molecule has 3 nitrogen and oxygen atoms in total. The van der Waals surface area contributed by atoms with Crippen molar-refractivity contribution < 1.29 is 4.79 Å². The molecule has 114 valence electrons. The van der Waals surface area contributed by atoms with E-state index in [9.17, 15) is 4.79 Å². The van der Waals surface area contributed by atoms with Gasteiger partial charge in [-0.2, -0.15) is 0 Å². The van der Waals surface area contributed by atoms with Crippen LogP contribution in [0.2, 0.25) is 0 Å². The zero-order valence-corrected chi connectivity index (χ0v) is 13.4. The Labute approximate surface area is 127 Å². The fraction of sp³-hybridized carbons (Fsp3) is 0.611. The van der Waals surface area contributed by atoms with Crippen molar-refractivity contribution in [3.63, 3.8) is 0 Å². The zero-order chi connectivity index (χ0) is 15.0. The van der Waals surface area contributed by atoms with Crippen molar-refractivity contribution in [2.24, 2.45) is 5.41 Å². The predicted molar refractivity (Wildman–Crippen MR) is 86.4 cm³/mol. The molecule has 0 unspecified atom stereocenters. The molecule has 1 aromatic carbocycles. The highest BCUT2D eigenvalue weighted by molar-refractivity contribution is 5.87. The van der Waals surface area contributed by atoms with Crippen molar-refractivity contribution in [1.82, 2.24) is 4.90 Å². The molecule has 0 aromatic heterocycles. The number of benzene rings is 1. The second kappa shape index (κ2) is 5.36. The molecule has 21 heavy (non-hydrogen) atoms. The van der Waals surface area contributed by atoms with Gasteiger partial charge in [0, 0.05) is 25.2 Å². The molecule has 0 bridgehead atoms. The van der Waals surface area contributed by atoms with Crippen molar-refractivity contribution >= 4 is 11.6 Å². The van der Waals surface area contributed by atoms with Crippen molar-refractivity contribution in [3.8, 4) is 0 Å². The minimum Gasteiger partial charge on any atom is -0.373 e. The van der Waals surface area contributed by atoms with Crippen LogP contribution in [0.15, 0.2) is 24.3 Å². The van der Waals surface area contributed by atoms with Crippen molar-refractivity contribution in [1.29, 1.82) is 0 Å². The highest BCUT2D eigenvalue weighted by Gasteiger charge is 2.34. The van der Waals surface area contributed by atoms with E-state index >= 15 is 0 Å². The third kappa shape index (κ3) is 2.92. The van der Waals surface area contributed by atoms with Gasteiger partial charge >= 0.3 is 0 Å². The average molecular weight is 286 g/mol. The quantitative estimate of drug-likeness (QED) is 0.903. The second-order valence-corrected chi connectivity index (χ2v) is 7.40. The van der Waals surface area contributed by atoms with Crippen LogP contribution in [-0.2, 0) is 11.2 Å². The standard InChI is InChI=1S/C18H26N2O/c1-18(2)10-8-14(9-11-18)20(3)17(21)16-12-13-6-4-5-7-15(13)19-16/h4-7,14,16,19H,8-12H2,1-3H3/t16-/m0/s1. The molecule has 0 saturated heterocycles. The summed E-state index contributed by atoms with van der Waals surface area (Å²) in [4.78, 5) is 14.7. The van der Waals surface area contributed by atoms with E-state index in [-0.39, 0.29) is 11.9 Å². The van der Waals surface area contributed by atoms with E-state index in [1.807, 2.05) is 24.1 Å². The topological polar surface area (TPSA) is 32.3 Å². The average Bonchev–Trinajstić information content (AvgIpc) is 2.89. The van der Waals surface area contributed by atoms with Crippen LogP contribution in [0.5, 0.6) is 0 Å². The predicted octanol–water partition coefficient (Wildman–Crippen LogP) is 3.45. The summed E-state index contributed by atoms with van der Waals surface area (Å²) in [5, 5.41) is 3.38. The molecular formula is C18H26N2O. The minimum absolute atomic E-state index is 0.0812. The summed E-state index contributed by atoms with van der Waals surface area (Å²) in [5.41, 5.74) is 2.82. The maximum atomic E-state index is 12.7. The van der Waals surface area contributed by atoms with E-state index in [2.05, 4.69) is 31.3 Å². The van der Waals surface area contributed by atoms with E-state index in [4.69, 9.17) is 0 Å². The van der Waals surface area contributed by atoms with E-state index in [1.165, 1.54) is 18.4 Å². The number of amides is 1. The van der Waals surface area contributed by atoms with E-state index in [1.54, 1.807) is 0 Å². The molecule has 1 aliphatic heterocycles. The number of hydrogen-bond acceptors (Lipinski definition) is 2. The number of likely N-dealkylation sites (N-methyl/N-ethyl adjacent to an activating group) is 1. The van der Waals surface area contributed by atoms with Crippen LogP contribution in [0.3, 0.4) is 0 Å². The molecule has 3 heteroatoms. The van der Waals surface area contributed by atoms with Crippen molar-refractivity contribution in [2.45, 2.75) is 58.0 Å². The van der Waals surface area contributed by atoms with Gasteiger partial charge in [-0.25, -0.2) is 0 Å². The number of fused-ring (bicyclic) bond motifs is 1. The summed E-state index contributed by atoms with van der Waals surface area (Å²) in [6.07, 6.45) is 5.52. The first kappa shape index (κ1) is 14.4. The van der Waals surface area contributed by atoms with Crippen LogP contribution in [-0.4, -0.2) is 29.9 Å². The van der Waals surface area contributed by atoms with Crippen LogP contribution >= 0.6 is 0 Å². The van der Waals surface area contributed by atoms with Crippen LogP contribution in [0, 0.1) is 5.41 Å². The summed E-state index contributed by atoms with van der Waals surface area (Å²) in [6.45, 7) is 4.67. The molecule has 1 atom stereocenters. The van der Waals surface area contributed by atoms with Crippen molar-refractivity contribution in [2.75, 3.05) is 12.4 Å². The summed E-state index contributed by atoms with van der Waals surface area (Å²) in [7, 11) is 1.98. The van der Waals surface area contributed by atoms with E-state index < -0.39 is 0 Å². The zero-order valence-electron chi connectivity index (χ0n) is 13.4. The van der Waals surface area contributed by atoms with Gasteiger partial charge in [0.25, 0.3) is 0 Å². The lowest BCUT2D eigenvalue weighted by Crippen LogP contribution is -2.47. The minimum atomic E-state index is -0.0812. The van der Waals surface area contributed by atoms with Crippen molar-refractivity contribution in [3.05, 3.63) is 29.8 Å². The van der Waals surface area contributed by atoms with Gasteiger partial charge in [0.2, 0.25) is 5.91 Å². The highest BCUT2D eigenvalue weighted by Crippen LogP contribution is 2.37. The molecule has 0 radical (unpaired) electrons. The molecule has 1 fully saturated rings. The number of rotatable bonds is 2. The molecule has 1 aliphatic carbocycles. The number of para-hydroxylation sites is 1. The van der Waals surface area contributed by atoms with Crippen LogP contribution in [0.1, 0.15) is 45.1 Å². The van der Waals surface area contributed by atoms with Gasteiger partial charge in [-0.1, -0.05) is 32.0 Å². The Balaban J connectivity index is 1.62. The van der Waals surface area contributed by atoms with Gasteiger partial charge in [-0.05, 0) is 42.7 Å². The number of anilines is 1. The number of nitrogens with zero attached hydrogens (tertiary/aromatic N) is 1. The van der Waals surface area contributed by atoms with Gasteiger partial charge in [-0.3, -0.25) is 4.79 Å². The maximum Gasteiger partial charge on any atom is 0.245 e. The monoisotopic (exact) mass is 286 g/mol. The fourth-order valence-electron chi connectivity index (χ4n) is 3.64. The lowest BCUT2D eigenvalue weighted by atomic mass is 9.75. The maximum absolute atomic E-state index is 12.7. The molecular weight excluding hydrogens is 260 g/mol. The third-order valence-corrected chi connectivity index (χ3v) is 5.27. The lowest BCUT2D eigenvalue weighted by Gasteiger charge is -2.39. The second-order valence-electron chi connectivity index (χ2n) is 7.40. The van der Waals surface area contributed by atoms with Gasteiger partial charge in [0.1, 0.15) is 6.04 Å². The summed E-state index contributed by atoms with van der Waals surface area (Å²) < 4.78 is 0. The van der Waals surface area contributed by atoms with E-state index in [0.29, 0.717) is 11.5 Å².